The van der Waals surface area contributed by atoms with Crippen LogP contribution >= 0.6 is 0 Å². The minimum atomic E-state index is -0.344. The van der Waals surface area contributed by atoms with Gasteiger partial charge in [0.1, 0.15) is 0 Å². The normalized spacial score (nSPS) is 9.38. The smallest absolute Gasteiger partial charge is 0.337 e. The van der Waals surface area contributed by atoms with Crippen molar-refractivity contribution in [2.45, 2.75) is 0 Å². The Morgan fingerprint density at radius 3 is 2.31 bits per heavy atom. The number of nitrogens with one attached hydrogen (secondary N) is 1. The van der Waals surface area contributed by atoms with Crippen LogP contribution in [0.5, 0.6) is 0 Å². The molecule has 0 saturated heterocycles. The minimum Gasteiger partial charge on any atom is -0.465 e. The number of rotatable bonds is 3. The van der Waals surface area contributed by atoms with Gasteiger partial charge in [-0.1, -0.05) is 0 Å². The Bertz CT molecular complexity index is 281. The van der Waals surface area contributed by atoms with E-state index in [0.717, 1.165) is 5.69 Å². The van der Waals surface area contributed by atoms with E-state index in [-0.39, 0.29) is 5.97 Å². The Kier molecular flexibility index (Phi) is 3.28. The topological polar surface area (TPSA) is 47.6 Å². The van der Waals surface area contributed by atoms with Gasteiger partial charge in [0.25, 0.3) is 0 Å². The summed E-state index contributed by atoms with van der Waals surface area (Å²) in [5.74, 6) is -0.344. The van der Waals surface area contributed by atoms with E-state index >= 15 is 0 Å². The van der Waals surface area contributed by atoms with Crippen LogP contribution in [0.25, 0.3) is 0 Å². The molecule has 0 spiro atoms. The second-order valence-electron chi connectivity index (χ2n) is 2.38. The van der Waals surface area contributed by atoms with Gasteiger partial charge in [-0.25, -0.2) is 4.79 Å². The van der Waals surface area contributed by atoms with Crippen LogP contribution in [0.4, 0.5) is 5.69 Å². The highest BCUT2D eigenvalue weighted by atomic mass is 16.6. The van der Waals surface area contributed by atoms with Gasteiger partial charge in [0.05, 0.1) is 25.5 Å². The van der Waals surface area contributed by atoms with E-state index in [0.29, 0.717) is 5.56 Å². The van der Waals surface area contributed by atoms with E-state index in [2.05, 4.69) is 15.1 Å². The summed E-state index contributed by atoms with van der Waals surface area (Å²) < 4.78 is 4.55. The summed E-state index contributed by atoms with van der Waals surface area (Å²) in [6, 6.07) is 6.78. The van der Waals surface area contributed by atoms with Crippen molar-refractivity contribution in [3.63, 3.8) is 0 Å². The molecule has 0 aromatic heterocycles. The van der Waals surface area contributed by atoms with E-state index in [4.69, 9.17) is 0 Å². The molecular formula is C9H11NO3. The van der Waals surface area contributed by atoms with Gasteiger partial charge in [0.15, 0.2) is 0 Å². The summed E-state index contributed by atoms with van der Waals surface area (Å²) in [6.45, 7) is 0. The maximum absolute atomic E-state index is 11.0. The molecule has 0 radical (unpaired) electrons. The minimum absolute atomic E-state index is 0.344. The number of ether oxygens (including phenoxy) is 1. The Hall–Kier alpha value is -1.55. The standard InChI is InChI=1S/C9H11NO3/c1-12-9(11)7-3-5-8(6-4-7)10-13-2/h3-6,10H,1-2H3. The Labute approximate surface area is 76.4 Å². The number of benzene rings is 1. The van der Waals surface area contributed by atoms with Crippen molar-refractivity contribution < 1.29 is 14.4 Å². The van der Waals surface area contributed by atoms with E-state index in [1.807, 2.05) is 0 Å². The predicted molar refractivity (Wildman–Crippen MR) is 48.4 cm³/mol. The Balaban J connectivity index is 2.75. The first-order valence-corrected chi connectivity index (χ1v) is 3.75. The van der Waals surface area contributed by atoms with Crippen LogP contribution in [0.15, 0.2) is 24.3 Å². The second kappa shape index (κ2) is 4.47. The third-order valence-electron chi connectivity index (χ3n) is 1.53. The van der Waals surface area contributed by atoms with Crippen molar-refractivity contribution in [2.75, 3.05) is 19.7 Å². The highest BCUT2D eigenvalue weighted by molar-refractivity contribution is 5.89. The zero-order valence-electron chi connectivity index (χ0n) is 7.53. The van der Waals surface area contributed by atoms with Gasteiger partial charge in [-0.05, 0) is 24.3 Å². The maximum atomic E-state index is 11.0. The molecule has 1 rings (SSSR count). The summed E-state index contributed by atoms with van der Waals surface area (Å²) in [5.41, 5.74) is 3.94. The first kappa shape index (κ1) is 9.54. The fourth-order valence-corrected chi connectivity index (χ4v) is 0.910. The molecule has 4 nitrogen and oxygen atoms in total. The molecule has 0 aliphatic heterocycles. The molecule has 0 atom stereocenters. The van der Waals surface area contributed by atoms with E-state index < -0.39 is 0 Å². The monoisotopic (exact) mass is 181 g/mol. The summed E-state index contributed by atoms with van der Waals surface area (Å²) >= 11 is 0. The molecule has 1 aromatic carbocycles. The molecule has 0 unspecified atom stereocenters. The van der Waals surface area contributed by atoms with Crippen LogP contribution in [-0.4, -0.2) is 20.2 Å². The lowest BCUT2D eigenvalue weighted by molar-refractivity contribution is 0.0601. The molecular weight excluding hydrogens is 170 g/mol. The molecule has 0 aliphatic carbocycles. The maximum Gasteiger partial charge on any atom is 0.337 e. The number of methoxy groups -OCH3 is 1. The van der Waals surface area contributed by atoms with Crippen molar-refractivity contribution in [1.82, 2.24) is 0 Å². The lowest BCUT2D eigenvalue weighted by atomic mass is 10.2. The van der Waals surface area contributed by atoms with Gasteiger partial charge < -0.3 is 4.74 Å². The Morgan fingerprint density at radius 2 is 1.85 bits per heavy atom. The first-order valence-electron chi connectivity index (χ1n) is 3.75. The number of carbonyl (C=O) groups is 1. The lowest BCUT2D eigenvalue weighted by Gasteiger charge is -2.03. The summed E-state index contributed by atoms with van der Waals surface area (Å²) in [4.78, 5) is 15.7. The van der Waals surface area contributed by atoms with Crippen LogP contribution in [0, 0.1) is 0 Å². The number of anilines is 1. The van der Waals surface area contributed by atoms with E-state index in [1.54, 1.807) is 24.3 Å². The van der Waals surface area contributed by atoms with Crippen molar-refractivity contribution in [3.05, 3.63) is 29.8 Å². The largest absolute Gasteiger partial charge is 0.465 e. The number of carbonyl (C=O) groups excluding carboxylic acids is 1. The second-order valence-corrected chi connectivity index (χ2v) is 2.38. The van der Waals surface area contributed by atoms with Crippen molar-refractivity contribution in [3.8, 4) is 0 Å². The zero-order valence-corrected chi connectivity index (χ0v) is 7.53. The zero-order chi connectivity index (χ0) is 9.68. The molecule has 1 aromatic rings. The summed E-state index contributed by atoms with van der Waals surface area (Å²) in [7, 11) is 2.87. The van der Waals surface area contributed by atoms with Crippen molar-refractivity contribution in [2.24, 2.45) is 0 Å². The quantitative estimate of drug-likeness (QED) is 0.566. The molecule has 0 fully saturated rings. The molecule has 0 heterocycles. The van der Waals surface area contributed by atoms with Gasteiger partial charge in [0, 0.05) is 0 Å². The van der Waals surface area contributed by atoms with Crippen LogP contribution in [0.3, 0.4) is 0 Å². The third kappa shape index (κ3) is 2.45. The van der Waals surface area contributed by atoms with E-state index in [1.165, 1.54) is 14.2 Å². The summed E-state index contributed by atoms with van der Waals surface area (Å²) in [6.07, 6.45) is 0. The molecule has 4 heteroatoms. The van der Waals surface area contributed by atoms with Gasteiger partial charge in [-0.15, -0.1) is 0 Å². The summed E-state index contributed by atoms with van der Waals surface area (Å²) in [5, 5.41) is 0. The predicted octanol–water partition coefficient (Wildman–Crippen LogP) is 1.45. The van der Waals surface area contributed by atoms with Gasteiger partial charge in [0.2, 0.25) is 0 Å². The van der Waals surface area contributed by atoms with Crippen LogP contribution < -0.4 is 5.48 Å². The highest BCUT2D eigenvalue weighted by Gasteiger charge is 2.03. The third-order valence-corrected chi connectivity index (χ3v) is 1.53. The van der Waals surface area contributed by atoms with Crippen LogP contribution in [-0.2, 0) is 9.57 Å². The molecule has 0 saturated carbocycles. The van der Waals surface area contributed by atoms with Gasteiger partial charge in [-0.3, -0.25) is 10.3 Å². The van der Waals surface area contributed by atoms with Gasteiger partial charge >= 0.3 is 5.97 Å². The molecule has 0 amide bonds. The number of hydrogen-bond acceptors (Lipinski definition) is 4. The average molecular weight is 181 g/mol. The first-order chi connectivity index (χ1) is 6.27. The van der Waals surface area contributed by atoms with Crippen LogP contribution in [0.1, 0.15) is 10.4 Å². The molecule has 0 aliphatic rings. The fraction of sp³-hybridized carbons (Fsp3) is 0.222. The average Bonchev–Trinajstić information content (AvgIpc) is 2.18. The van der Waals surface area contributed by atoms with Crippen molar-refractivity contribution in [1.29, 1.82) is 0 Å². The molecule has 1 N–H and O–H groups in total. The Morgan fingerprint density at radius 1 is 1.23 bits per heavy atom. The number of esters is 1. The fourth-order valence-electron chi connectivity index (χ4n) is 0.910. The SMILES string of the molecule is CONc1ccc(C(=O)OC)cc1. The highest BCUT2D eigenvalue weighted by Crippen LogP contribution is 2.09. The molecule has 13 heavy (non-hydrogen) atoms. The lowest BCUT2D eigenvalue weighted by Crippen LogP contribution is -2.01. The molecule has 70 valence electrons. The van der Waals surface area contributed by atoms with Gasteiger partial charge in [-0.2, -0.15) is 0 Å². The van der Waals surface area contributed by atoms with Crippen molar-refractivity contribution >= 4 is 11.7 Å². The van der Waals surface area contributed by atoms with E-state index in [9.17, 15) is 4.79 Å². The number of hydrogen-bond donors (Lipinski definition) is 1. The molecule has 0 bridgehead atoms. The van der Waals surface area contributed by atoms with Crippen LogP contribution in [0.2, 0.25) is 0 Å².